The Kier molecular flexibility index (Phi) is 6.20. The highest BCUT2D eigenvalue weighted by Crippen LogP contribution is 2.27. The first kappa shape index (κ1) is 17.8. The van der Waals surface area contributed by atoms with Gasteiger partial charge in [-0.05, 0) is 20.8 Å². The Hall–Kier alpha value is -2.54. The van der Waals surface area contributed by atoms with Crippen LogP contribution in [0.3, 0.4) is 0 Å². The maximum atomic E-state index is 11.8. The van der Waals surface area contributed by atoms with Crippen molar-refractivity contribution in [3.8, 4) is 17.1 Å². The first-order valence-corrected chi connectivity index (χ1v) is 7.66. The summed E-state index contributed by atoms with van der Waals surface area (Å²) in [5.41, 5.74) is 2.38. The van der Waals surface area contributed by atoms with E-state index in [4.69, 9.17) is 14.2 Å². The Bertz CT molecular complexity index is 719. The summed E-state index contributed by atoms with van der Waals surface area (Å²) in [6.45, 7) is 6.56. The molecule has 0 amide bonds. The third kappa shape index (κ3) is 4.26. The lowest BCUT2D eigenvalue weighted by atomic mass is 10.2. The highest BCUT2D eigenvalue weighted by molar-refractivity contribution is 5.90. The first-order chi connectivity index (χ1) is 11.6. The van der Waals surface area contributed by atoms with E-state index < -0.39 is 5.97 Å². The first-order valence-electron chi connectivity index (χ1n) is 7.66. The van der Waals surface area contributed by atoms with Crippen LogP contribution in [-0.2, 0) is 9.47 Å². The van der Waals surface area contributed by atoms with E-state index in [-0.39, 0.29) is 0 Å². The zero-order chi connectivity index (χ0) is 17.5. The standard InChI is InChI=1S/C17H21N3O4/c1-5-23-17(21)13-9-19-16(20-12(13)3)14-10-18-11(2)8-15(14)24-7-6-22-4/h8-10H,5-7H2,1-4H3. The van der Waals surface area contributed by atoms with E-state index in [1.165, 1.54) is 6.20 Å². The van der Waals surface area contributed by atoms with Crippen LogP contribution in [0.5, 0.6) is 5.75 Å². The van der Waals surface area contributed by atoms with Gasteiger partial charge in [0.25, 0.3) is 0 Å². The third-order valence-corrected chi connectivity index (χ3v) is 3.26. The predicted octanol–water partition coefficient (Wildman–Crippen LogP) is 2.36. The van der Waals surface area contributed by atoms with Crippen molar-refractivity contribution >= 4 is 5.97 Å². The fraction of sp³-hybridized carbons (Fsp3) is 0.412. The van der Waals surface area contributed by atoms with Gasteiger partial charge in [0.1, 0.15) is 12.4 Å². The Labute approximate surface area is 141 Å². The summed E-state index contributed by atoms with van der Waals surface area (Å²) in [5.74, 6) is 0.642. The molecule has 0 unspecified atom stereocenters. The Balaban J connectivity index is 2.34. The van der Waals surface area contributed by atoms with Gasteiger partial charge < -0.3 is 14.2 Å². The summed E-state index contributed by atoms with van der Waals surface area (Å²) in [6.07, 6.45) is 3.13. The fourth-order valence-corrected chi connectivity index (χ4v) is 2.06. The van der Waals surface area contributed by atoms with E-state index in [1.807, 2.05) is 13.0 Å². The maximum absolute atomic E-state index is 11.8. The number of carbonyl (C=O) groups is 1. The van der Waals surface area contributed by atoms with Crippen LogP contribution < -0.4 is 4.74 Å². The van der Waals surface area contributed by atoms with Gasteiger partial charge in [0, 0.05) is 31.3 Å². The van der Waals surface area contributed by atoms with Gasteiger partial charge in [-0.15, -0.1) is 0 Å². The largest absolute Gasteiger partial charge is 0.490 e. The summed E-state index contributed by atoms with van der Waals surface area (Å²) >= 11 is 0. The molecule has 0 N–H and O–H groups in total. The summed E-state index contributed by atoms with van der Waals surface area (Å²) in [4.78, 5) is 24.8. The summed E-state index contributed by atoms with van der Waals surface area (Å²) in [6, 6.07) is 1.82. The molecule has 0 atom stereocenters. The highest BCUT2D eigenvalue weighted by Gasteiger charge is 2.16. The zero-order valence-corrected chi connectivity index (χ0v) is 14.3. The number of hydrogen-bond donors (Lipinski definition) is 0. The second-order valence-electron chi connectivity index (χ2n) is 5.08. The third-order valence-electron chi connectivity index (χ3n) is 3.26. The molecule has 2 aromatic heterocycles. The number of pyridine rings is 1. The minimum absolute atomic E-state index is 0.305. The number of nitrogens with zero attached hydrogens (tertiary/aromatic N) is 3. The van der Waals surface area contributed by atoms with Crippen molar-refractivity contribution in [1.29, 1.82) is 0 Å². The van der Waals surface area contributed by atoms with E-state index in [2.05, 4.69) is 15.0 Å². The van der Waals surface area contributed by atoms with Crippen LogP contribution in [0.4, 0.5) is 0 Å². The van der Waals surface area contributed by atoms with Crippen LogP contribution >= 0.6 is 0 Å². The normalized spacial score (nSPS) is 10.5. The molecule has 0 saturated heterocycles. The van der Waals surface area contributed by atoms with Crippen molar-refractivity contribution in [2.45, 2.75) is 20.8 Å². The van der Waals surface area contributed by atoms with Gasteiger partial charge in [0.2, 0.25) is 0 Å². The molecular formula is C17H21N3O4. The number of methoxy groups -OCH3 is 1. The Morgan fingerprint density at radius 2 is 1.96 bits per heavy atom. The fourth-order valence-electron chi connectivity index (χ4n) is 2.06. The lowest BCUT2D eigenvalue weighted by molar-refractivity contribution is 0.0524. The molecule has 0 saturated carbocycles. The second kappa shape index (κ2) is 8.35. The molecule has 0 fully saturated rings. The summed E-state index contributed by atoms with van der Waals surface area (Å²) in [5, 5.41) is 0. The van der Waals surface area contributed by atoms with Gasteiger partial charge >= 0.3 is 5.97 Å². The average molecular weight is 331 g/mol. The molecule has 2 aromatic rings. The summed E-state index contributed by atoms with van der Waals surface area (Å²) < 4.78 is 15.7. The molecule has 7 nitrogen and oxygen atoms in total. The van der Waals surface area contributed by atoms with E-state index in [9.17, 15) is 4.79 Å². The molecule has 2 rings (SSSR count). The predicted molar refractivity (Wildman–Crippen MR) is 88.1 cm³/mol. The SMILES string of the molecule is CCOC(=O)c1cnc(-c2cnc(C)cc2OCCOC)nc1C. The number of ether oxygens (including phenoxy) is 3. The minimum atomic E-state index is -0.430. The molecular weight excluding hydrogens is 310 g/mol. The van der Waals surface area contributed by atoms with Crippen LogP contribution in [0, 0.1) is 13.8 Å². The number of carbonyl (C=O) groups excluding carboxylic acids is 1. The second-order valence-corrected chi connectivity index (χ2v) is 5.08. The molecule has 24 heavy (non-hydrogen) atoms. The van der Waals surface area contributed by atoms with Crippen molar-refractivity contribution in [2.75, 3.05) is 26.9 Å². The molecule has 0 aliphatic rings. The Morgan fingerprint density at radius 3 is 2.62 bits per heavy atom. The van der Waals surface area contributed by atoms with Gasteiger partial charge in [0.15, 0.2) is 5.82 Å². The molecule has 0 aromatic carbocycles. The maximum Gasteiger partial charge on any atom is 0.341 e. The Morgan fingerprint density at radius 1 is 1.17 bits per heavy atom. The minimum Gasteiger partial charge on any atom is -0.490 e. The van der Waals surface area contributed by atoms with Gasteiger partial charge in [-0.25, -0.2) is 14.8 Å². The van der Waals surface area contributed by atoms with Crippen LogP contribution in [0.1, 0.15) is 28.7 Å². The van der Waals surface area contributed by atoms with E-state index in [0.29, 0.717) is 48.2 Å². The lowest BCUT2D eigenvalue weighted by Crippen LogP contribution is -2.10. The van der Waals surface area contributed by atoms with Gasteiger partial charge in [-0.1, -0.05) is 0 Å². The van der Waals surface area contributed by atoms with Gasteiger partial charge in [-0.2, -0.15) is 0 Å². The number of rotatable bonds is 7. The molecule has 0 radical (unpaired) electrons. The van der Waals surface area contributed by atoms with Crippen LogP contribution in [0.15, 0.2) is 18.5 Å². The van der Waals surface area contributed by atoms with Crippen molar-refractivity contribution in [1.82, 2.24) is 15.0 Å². The van der Waals surface area contributed by atoms with E-state index in [0.717, 1.165) is 5.69 Å². The van der Waals surface area contributed by atoms with E-state index in [1.54, 1.807) is 27.2 Å². The van der Waals surface area contributed by atoms with Crippen molar-refractivity contribution in [3.05, 3.63) is 35.4 Å². The van der Waals surface area contributed by atoms with Gasteiger partial charge in [-0.3, -0.25) is 4.98 Å². The number of esters is 1. The van der Waals surface area contributed by atoms with Crippen LogP contribution in [0.25, 0.3) is 11.4 Å². The topological polar surface area (TPSA) is 83.4 Å². The van der Waals surface area contributed by atoms with Crippen molar-refractivity contribution in [3.63, 3.8) is 0 Å². The molecule has 0 spiro atoms. The summed E-state index contributed by atoms with van der Waals surface area (Å²) in [7, 11) is 1.61. The molecule has 0 aliphatic carbocycles. The number of aryl methyl sites for hydroxylation is 2. The van der Waals surface area contributed by atoms with Gasteiger partial charge in [0.05, 0.1) is 30.0 Å². The molecule has 128 valence electrons. The lowest BCUT2D eigenvalue weighted by Gasteiger charge is -2.12. The van der Waals surface area contributed by atoms with Crippen molar-refractivity contribution in [2.24, 2.45) is 0 Å². The van der Waals surface area contributed by atoms with Crippen LogP contribution in [0.2, 0.25) is 0 Å². The van der Waals surface area contributed by atoms with Crippen LogP contribution in [-0.4, -0.2) is 47.9 Å². The zero-order valence-electron chi connectivity index (χ0n) is 14.3. The number of hydrogen-bond acceptors (Lipinski definition) is 7. The molecule has 2 heterocycles. The molecule has 0 bridgehead atoms. The smallest absolute Gasteiger partial charge is 0.341 e. The monoisotopic (exact) mass is 331 g/mol. The highest BCUT2D eigenvalue weighted by atomic mass is 16.5. The van der Waals surface area contributed by atoms with E-state index >= 15 is 0 Å². The number of aromatic nitrogens is 3. The van der Waals surface area contributed by atoms with Crippen molar-refractivity contribution < 1.29 is 19.0 Å². The molecule has 0 aliphatic heterocycles. The quantitative estimate of drug-likeness (QED) is 0.569. The molecule has 7 heteroatoms. The average Bonchev–Trinajstić information content (AvgIpc) is 2.55.